The van der Waals surface area contributed by atoms with Crippen molar-refractivity contribution in [3.63, 3.8) is 0 Å². The zero-order valence-electron chi connectivity index (χ0n) is 12.8. The molecule has 0 bridgehead atoms. The molecule has 0 saturated carbocycles. The molecule has 1 amide bonds. The molecule has 3 heterocycles. The zero-order chi connectivity index (χ0) is 16.8. The van der Waals surface area contributed by atoms with Crippen LogP contribution in [0.3, 0.4) is 0 Å². The van der Waals surface area contributed by atoms with Crippen LogP contribution >= 0.6 is 11.3 Å². The normalized spacial score (nSPS) is 20.7. The van der Waals surface area contributed by atoms with E-state index in [0.29, 0.717) is 4.83 Å². The second-order valence-electron chi connectivity index (χ2n) is 5.73. The highest BCUT2D eigenvalue weighted by molar-refractivity contribution is 7.16. The van der Waals surface area contributed by atoms with E-state index in [1.807, 2.05) is 25.3 Å². The summed E-state index contributed by atoms with van der Waals surface area (Å²) in [4.78, 5) is 32.8. The van der Waals surface area contributed by atoms with Crippen LogP contribution in [-0.4, -0.2) is 33.5 Å². The van der Waals surface area contributed by atoms with Gasteiger partial charge in [0, 0.05) is 5.39 Å². The second-order valence-corrected chi connectivity index (χ2v) is 6.63. The molecule has 2 N–H and O–H groups in total. The van der Waals surface area contributed by atoms with Crippen LogP contribution in [0, 0.1) is 5.92 Å². The lowest BCUT2D eigenvalue weighted by Crippen LogP contribution is -2.41. The first-order valence-corrected chi connectivity index (χ1v) is 7.90. The van der Waals surface area contributed by atoms with Crippen LogP contribution < -0.4 is 10.1 Å². The lowest BCUT2D eigenvalue weighted by molar-refractivity contribution is -0.124. The van der Waals surface area contributed by atoms with Crippen molar-refractivity contribution in [1.82, 2.24) is 10.3 Å². The monoisotopic (exact) mass is 333 g/mol. The molecule has 1 atom stereocenters. The van der Waals surface area contributed by atoms with Gasteiger partial charge in [-0.2, -0.15) is 0 Å². The summed E-state index contributed by atoms with van der Waals surface area (Å²) in [6.45, 7) is 5.54. The molecule has 1 unspecified atom stereocenters. The predicted octanol–water partition coefficient (Wildman–Crippen LogP) is 2.64. The number of pyridine rings is 1. The Labute approximate surface area is 136 Å². The molecule has 3 rings (SSSR count). The van der Waals surface area contributed by atoms with Gasteiger partial charge in [-0.05, 0) is 30.4 Å². The third-order valence-electron chi connectivity index (χ3n) is 3.99. The summed E-state index contributed by atoms with van der Waals surface area (Å²) in [6, 6.07) is 3.40. The number of thiophene rings is 1. The van der Waals surface area contributed by atoms with Gasteiger partial charge in [0.05, 0.1) is 0 Å². The standard InChI is InChI=1S/C15H15N3O4S/c1-7(2)15(3)13(19)17-11(18-15)10-9(22-14(20)21)6-8-4-5-23-12(8)16-10/h4-7H,1-3H3,(H,20,21)(H,17,18,19). The molecule has 1 aliphatic rings. The maximum Gasteiger partial charge on any atom is 0.511 e. The van der Waals surface area contributed by atoms with Gasteiger partial charge in [-0.1, -0.05) is 13.8 Å². The van der Waals surface area contributed by atoms with Crippen molar-refractivity contribution < 1.29 is 19.4 Å². The molecular formula is C15H15N3O4S. The molecule has 7 nitrogen and oxygen atoms in total. The Morgan fingerprint density at radius 1 is 1.48 bits per heavy atom. The number of carboxylic acid groups (broad SMARTS) is 1. The van der Waals surface area contributed by atoms with Crippen LogP contribution in [0.15, 0.2) is 22.5 Å². The molecule has 0 aromatic carbocycles. The van der Waals surface area contributed by atoms with Crippen molar-refractivity contribution >= 4 is 39.5 Å². The first kappa shape index (κ1) is 15.4. The van der Waals surface area contributed by atoms with Crippen LogP contribution in [-0.2, 0) is 4.79 Å². The zero-order valence-corrected chi connectivity index (χ0v) is 13.6. The van der Waals surface area contributed by atoms with E-state index in [-0.39, 0.29) is 29.1 Å². The smallest absolute Gasteiger partial charge is 0.449 e. The number of amidine groups is 1. The van der Waals surface area contributed by atoms with Crippen LogP contribution in [0.5, 0.6) is 5.75 Å². The number of ether oxygens (including phenoxy) is 1. The number of nitrogens with one attached hydrogen (secondary N) is 1. The molecular weight excluding hydrogens is 318 g/mol. The summed E-state index contributed by atoms with van der Waals surface area (Å²) >= 11 is 1.41. The third kappa shape index (κ3) is 2.55. The highest BCUT2D eigenvalue weighted by Gasteiger charge is 2.43. The van der Waals surface area contributed by atoms with Crippen molar-refractivity contribution in [3.05, 3.63) is 23.2 Å². The number of carbonyl (C=O) groups is 2. The van der Waals surface area contributed by atoms with Gasteiger partial charge in [0.15, 0.2) is 11.6 Å². The van der Waals surface area contributed by atoms with Gasteiger partial charge in [0.1, 0.15) is 16.1 Å². The van der Waals surface area contributed by atoms with Crippen molar-refractivity contribution in [2.75, 3.05) is 0 Å². The van der Waals surface area contributed by atoms with Crippen molar-refractivity contribution in [3.8, 4) is 5.75 Å². The number of rotatable bonds is 3. The van der Waals surface area contributed by atoms with Gasteiger partial charge < -0.3 is 15.2 Å². The number of hydrogen-bond acceptors (Lipinski definition) is 6. The molecule has 0 fully saturated rings. The molecule has 23 heavy (non-hydrogen) atoms. The third-order valence-corrected chi connectivity index (χ3v) is 4.81. The molecule has 1 aliphatic heterocycles. The van der Waals surface area contributed by atoms with E-state index >= 15 is 0 Å². The summed E-state index contributed by atoms with van der Waals surface area (Å²) in [5.41, 5.74) is -0.692. The minimum absolute atomic E-state index is 0.0192. The van der Waals surface area contributed by atoms with E-state index in [1.54, 1.807) is 13.0 Å². The summed E-state index contributed by atoms with van der Waals surface area (Å²) in [6.07, 6.45) is -1.45. The second kappa shape index (κ2) is 5.31. The highest BCUT2D eigenvalue weighted by atomic mass is 32.1. The Bertz CT molecular complexity index is 842. The van der Waals surface area contributed by atoms with E-state index in [0.717, 1.165) is 5.39 Å². The molecule has 2 aromatic heterocycles. The summed E-state index contributed by atoms with van der Waals surface area (Å²) in [5, 5.41) is 14.2. The Hall–Kier alpha value is -2.48. The van der Waals surface area contributed by atoms with E-state index in [1.165, 1.54) is 11.3 Å². The molecule has 0 spiro atoms. The fourth-order valence-corrected chi connectivity index (χ4v) is 3.02. The summed E-state index contributed by atoms with van der Waals surface area (Å²) < 4.78 is 4.83. The van der Waals surface area contributed by atoms with Crippen molar-refractivity contribution in [2.45, 2.75) is 26.3 Å². The number of nitrogens with zero attached hydrogens (tertiary/aromatic N) is 2. The van der Waals surface area contributed by atoms with E-state index in [9.17, 15) is 9.59 Å². The molecule has 0 aliphatic carbocycles. The van der Waals surface area contributed by atoms with Gasteiger partial charge in [-0.25, -0.2) is 14.8 Å². The van der Waals surface area contributed by atoms with Gasteiger partial charge in [0.2, 0.25) is 0 Å². The SMILES string of the molecule is CC(C)C1(C)N=C(c2nc3sccc3cc2OC(=O)O)NC1=O. The van der Waals surface area contributed by atoms with Crippen molar-refractivity contribution in [2.24, 2.45) is 10.9 Å². The number of aromatic nitrogens is 1. The highest BCUT2D eigenvalue weighted by Crippen LogP contribution is 2.31. The predicted molar refractivity (Wildman–Crippen MR) is 86.2 cm³/mol. The van der Waals surface area contributed by atoms with E-state index in [4.69, 9.17) is 9.84 Å². The Morgan fingerprint density at radius 3 is 2.83 bits per heavy atom. The Kier molecular flexibility index (Phi) is 3.56. The number of aliphatic imine (C=N–C) groups is 1. The first-order valence-electron chi connectivity index (χ1n) is 7.02. The number of fused-ring (bicyclic) bond motifs is 1. The largest absolute Gasteiger partial charge is 0.511 e. The van der Waals surface area contributed by atoms with Gasteiger partial charge in [0.25, 0.3) is 5.91 Å². The fourth-order valence-electron chi connectivity index (χ4n) is 2.27. The van der Waals surface area contributed by atoms with Crippen LogP contribution in [0.1, 0.15) is 26.5 Å². The quantitative estimate of drug-likeness (QED) is 0.841. The lowest BCUT2D eigenvalue weighted by Gasteiger charge is -2.21. The maximum absolute atomic E-state index is 12.3. The molecule has 120 valence electrons. The molecule has 0 radical (unpaired) electrons. The van der Waals surface area contributed by atoms with E-state index in [2.05, 4.69) is 15.3 Å². The van der Waals surface area contributed by atoms with Crippen LogP contribution in [0.4, 0.5) is 4.79 Å². The maximum atomic E-state index is 12.3. The first-order chi connectivity index (χ1) is 10.8. The topological polar surface area (TPSA) is 101 Å². The molecule has 2 aromatic rings. The fraction of sp³-hybridized carbons (Fsp3) is 0.333. The number of hydrogen-bond donors (Lipinski definition) is 2. The lowest BCUT2D eigenvalue weighted by atomic mass is 9.89. The van der Waals surface area contributed by atoms with Crippen LogP contribution in [0.25, 0.3) is 10.2 Å². The number of amides is 1. The minimum Gasteiger partial charge on any atom is -0.449 e. The Morgan fingerprint density at radius 2 is 2.22 bits per heavy atom. The molecule has 0 saturated heterocycles. The van der Waals surface area contributed by atoms with Gasteiger partial charge in [-0.15, -0.1) is 11.3 Å². The summed E-state index contributed by atoms with van der Waals surface area (Å²) in [5.74, 6) is 0.0272. The van der Waals surface area contributed by atoms with Gasteiger partial charge in [-0.3, -0.25) is 4.79 Å². The Balaban J connectivity index is 2.15. The average Bonchev–Trinajstić information content (AvgIpc) is 3.02. The van der Waals surface area contributed by atoms with E-state index < -0.39 is 11.7 Å². The minimum atomic E-state index is -1.45. The summed E-state index contributed by atoms with van der Waals surface area (Å²) in [7, 11) is 0. The average molecular weight is 333 g/mol. The van der Waals surface area contributed by atoms with Crippen LogP contribution in [0.2, 0.25) is 0 Å². The number of carbonyl (C=O) groups excluding carboxylic acids is 1. The van der Waals surface area contributed by atoms with Crippen molar-refractivity contribution in [1.29, 1.82) is 0 Å². The molecule has 8 heteroatoms. The van der Waals surface area contributed by atoms with Gasteiger partial charge >= 0.3 is 6.16 Å².